The Morgan fingerprint density at radius 1 is 0.971 bits per heavy atom. The van der Waals surface area contributed by atoms with Gasteiger partial charge in [-0.3, -0.25) is 9.69 Å². The molecule has 1 amide bonds. The number of carbonyl (C=O) groups is 1. The topological polar surface area (TPSA) is 64.1 Å². The average molecular weight is 482 g/mol. The third kappa shape index (κ3) is 5.51. The lowest BCUT2D eigenvalue weighted by Gasteiger charge is -2.35. The van der Waals surface area contributed by atoms with Crippen LogP contribution < -0.4 is 14.2 Å². The number of piperazine rings is 1. The first-order chi connectivity index (χ1) is 16.5. The number of hydrogen-bond donors (Lipinski definition) is 0. The molecule has 0 bridgehead atoms. The molecule has 0 aliphatic carbocycles. The van der Waals surface area contributed by atoms with Crippen LogP contribution in [0.3, 0.4) is 0 Å². The van der Waals surface area contributed by atoms with Gasteiger partial charge in [-0.1, -0.05) is 0 Å². The van der Waals surface area contributed by atoms with Crippen LogP contribution in [0.2, 0.25) is 0 Å². The van der Waals surface area contributed by atoms with Crippen molar-refractivity contribution in [2.24, 2.45) is 0 Å². The molecule has 7 nitrogen and oxygen atoms in total. The number of methoxy groups -OCH3 is 3. The molecule has 34 heavy (non-hydrogen) atoms. The van der Waals surface area contributed by atoms with Crippen molar-refractivity contribution in [2.45, 2.75) is 19.9 Å². The molecule has 0 radical (unpaired) electrons. The van der Waals surface area contributed by atoms with Crippen molar-refractivity contribution in [3.05, 3.63) is 58.6 Å². The molecule has 1 aromatic heterocycles. The molecule has 1 saturated heterocycles. The van der Waals surface area contributed by atoms with Crippen molar-refractivity contribution in [1.29, 1.82) is 0 Å². The minimum absolute atomic E-state index is 0.133. The third-order valence-electron chi connectivity index (χ3n) is 6.18. The molecule has 0 atom stereocenters. The summed E-state index contributed by atoms with van der Waals surface area (Å²) in [6.45, 7) is 6.04. The van der Waals surface area contributed by atoms with E-state index in [0.29, 0.717) is 6.42 Å². The molecule has 1 aliphatic heterocycles. The Morgan fingerprint density at radius 3 is 2.29 bits per heavy atom. The van der Waals surface area contributed by atoms with Crippen molar-refractivity contribution in [3.63, 3.8) is 0 Å². The highest BCUT2D eigenvalue weighted by Crippen LogP contribution is 2.31. The quantitative estimate of drug-likeness (QED) is 0.484. The number of benzene rings is 2. The maximum atomic E-state index is 12.9. The Balaban J connectivity index is 1.31. The van der Waals surface area contributed by atoms with Gasteiger partial charge in [0.2, 0.25) is 5.91 Å². The molecule has 1 fully saturated rings. The lowest BCUT2D eigenvalue weighted by atomic mass is 10.1. The summed E-state index contributed by atoms with van der Waals surface area (Å²) in [6.07, 6.45) is 0.335. The Hall–Kier alpha value is -3.10. The van der Waals surface area contributed by atoms with E-state index in [2.05, 4.69) is 16.8 Å². The Morgan fingerprint density at radius 2 is 1.65 bits per heavy atom. The normalized spacial score (nSPS) is 14.2. The van der Waals surface area contributed by atoms with E-state index in [4.69, 9.17) is 14.2 Å². The van der Waals surface area contributed by atoms with Crippen molar-refractivity contribution < 1.29 is 19.0 Å². The zero-order chi connectivity index (χ0) is 24.1. The second-order valence-electron chi connectivity index (χ2n) is 8.34. The number of ether oxygens (including phenoxy) is 3. The van der Waals surface area contributed by atoms with Gasteiger partial charge in [0.15, 0.2) is 11.5 Å². The van der Waals surface area contributed by atoms with Crippen LogP contribution in [0.25, 0.3) is 10.6 Å². The summed E-state index contributed by atoms with van der Waals surface area (Å²) in [4.78, 5) is 21.9. The van der Waals surface area contributed by atoms with E-state index in [1.165, 1.54) is 11.1 Å². The summed E-state index contributed by atoms with van der Waals surface area (Å²) < 4.78 is 16.1. The molecular weight excluding hydrogens is 450 g/mol. The molecule has 1 aliphatic rings. The van der Waals surface area contributed by atoms with Crippen molar-refractivity contribution in [3.8, 4) is 27.8 Å². The van der Waals surface area contributed by atoms with Gasteiger partial charge in [-0.15, -0.1) is 11.3 Å². The lowest BCUT2D eigenvalue weighted by Crippen LogP contribution is -2.48. The fourth-order valence-corrected chi connectivity index (χ4v) is 4.94. The molecule has 2 aromatic carbocycles. The maximum Gasteiger partial charge on any atom is 0.228 e. The van der Waals surface area contributed by atoms with Crippen LogP contribution in [0, 0.1) is 6.92 Å². The first-order valence-corrected chi connectivity index (χ1v) is 12.2. The highest BCUT2D eigenvalue weighted by Gasteiger charge is 2.23. The second kappa shape index (κ2) is 10.9. The monoisotopic (exact) mass is 481 g/mol. The Labute approximate surface area is 204 Å². The summed E-state index contributed by atoms with van der Waals surface area (Å²) >= 11 is 1.56. The summed E-state index contributed by atoms with van der Waals surface area (Å²) in [6, 6.07) is 11.9. The molecule has 0 spiro atoms. The second-order valence-corrected chi connectivity index (χ2v) is 9.20. The van der Waals surface area contributed by atoms with Crippen molar-refractivity contribution in [2.75, 3.05) is 47.5 Å². The van der Waals surface area contributed by atoms with E-state index in [1.807, 2.05) is 46.7 Å². The fourth-order valence-electron chi connectivity index (χ4n) is 4.11. The summed E-state index contributed by atoms with van der Waals surface area (Å²) in [7, 11) is 4.96. The van der Waals surface area contributed by atoms with Crippen LogP contribution >= 0.6 is 11.3 Å². The van der Waals surface area contributed by atoms with Gasteiger partial charge in [-0.05, 0) is 54.4 Å². The van der Waals surface area contributed by atoms with Gasteiger partial charge >= 0.3 is 0 Å². The van der Waals surface area contributed by atoms with Crippen LogP contribution in [0.15, 0.2) is 41.8 Å². The van der Waals surface area contributed by atoms with E-state index in [0.717, 1.165) is 66.2 Å². The molecule has 4 rings (SSSR count). The largest absolute Gasteiger partial charge is 0.497 e. The number of hydrogen-bond acceptors (Lipinski definition) is 7. The smallest absolute Gasteiger partial charge is 0.228 e. The standard InChI is InChI=1S/C26H31N3O4S/c1-18-13-23(32-3)24(33-4)14-20(18)16-28-9-11-29(12-10-28)25(30)15-21-17-34-26(27-21)19-5-7-22(31-2)8-6-19/h5-8,13-14,17H,9-12,15-16H2,1-4H3. The zero-order valence-corrected chi connectivity index (χ0v) is 21.0. The predicted molar refractivity (Wildman–Crippen MR) is 134 cm³/mol. The van der Waals surface area contributed by atoms with Gasteiger partial charge in [0.05, 0.1) is 33.4 Å². The fraction of sp³-hybridized carbons (Fsp3) is 0.385. The first-order valence-electron chi connectivity index (χ1n) is 11.3. The lowest BCUT2D eigenvalue weighted by molar-refractivity contribution is -0.132. The van der Waals surface area contributed by atoms with E-state index in [9.17, 15) is 4.79 Å². The van der Waals surface area contributed by atoms with Gasteiger partial charge in [0.25, 0.3) is 0 Å². The highest BCUT2D eigenvalue weighted by atomic mass is 32.1. The molecule has 3 aromatic rings. The third-order valence-corrected chi connectivity index (χ3v) is 7.12. The molecule has 0 saturated carbocycles. The molecule has 0 unspecified atom stereocenters. The van der Waals surface area contributed by atoms with Crippen LogP contribution in [0.4, 0.5) is 0 Å². The Bertz CT molecular complexity index is 1120. The van der Waals surface area contributed by atoms with E-state index in [-0.39, 0.29) is 5.91 Å². The predicted octanol–water partition coefficient (Wildman–Crippen LogP) is 4.03. The zero-order valence-electron chi connectivity index (χ0n) is 20.2. The number of nitrogens with zero attached hydrogens (tertiary/aromatic N) is 3. The number of amides is 1. The van der Waals surface area contributed by atoms with Gasteiger partial charge in [0.1, 0.15) is 10.8 Å². The van der Waals surface area contributed by atoms with E-state index >= 15 is 0 Å². The van der Waals surface area contributed by atoms with E-state index in [1.54, 1.807) is 32.7 Å². The highest BCUT2D eigenvalue weighted by molar-refractivity contribution is 7.13. The SMILES string of the molecule is COc1ccc(-c2nc(CC(=O)N3CCN(Cc4cc(OC)c(OC)cc4C)CC3)cs2)cc1. The average Bonchev–Trinajstić information content (AvgIpc) is 3.33. The van der Waals surface area contributed by atoms with Crippen LogP contribution in [0.5, 0.6) is 17.2 Å². The van der Waals surface area contributed by atoms with Crippen LogP contribution in [-0.4, -0.2) is 68.2 Å². The van der Waals surface area contributed by atoms with E-state index < -0.39 is 0 Å². The van der Waals surface area contributed by atoms with Crippen molar-refractivity contribution >= 4 is 17.2 Å². The molecule has 180 valence electrons. The number of rotatable bonds is 8. The summed E-state index contributed by atoms with van der Waals surface area (Å²) in [5.74, 6) is 2.44. The summed E-state index contributed by atoms with van der Waals surface area (Å²) in [5.41, 5.74) is 4.24. The molecule has 2 heterocycles. The molecular formula is C26H31N3O4S. The van der Waals surface area contributed by atoms with Gasteiger partial charge in [0, 0.05) is 43.7 Å². The summed E-state index contributed by atoms with van der Waals surface area (Å²) in [5, 5.41) is 2.90. The van der Waals surface area contributed by atoms with Gasteiger partial charge in [-0.2, -0.15) is 0 Å². The molecule has 0 N–H and O–H groups in total. The number of aromatic nitrogens is 1. The molecule has 8 heteroatoms. The minimum atomic E-state index is 0.133. The first kappa shape index (κ1) is 24.0. The van der Waals surface area contributed by atoms with Crippen LogP contribution in [0.1, 0.15) is 16.8 Å². The maximum absolute atomic E-state index is 12.9. The van der Waals surface area contributed by atoms with Gasteiger partial charge in [-0.25, -0.2) is 4.98 Å². The van der Waals surface area contributed by atoms with Crippen molar-refractivity contribution in [1.82, 2.24) is 14.8 Å². The number of carbonyl (C=O) groups excluding carboxylic acids is 1. The minimum Gasteiger partial charge on any atom is -0.497 e. The Kier molecular flexibility index (Phi) is 7.70. The van der Waals surface area contributed by atoms with Gasteiger partial charge < -0.3 is 19.1 Å². The number of aryl methyl sites for hydroxylation is 1. The van der Waals surface area contributed by atoms with Crippen LogP contribution in [-0.2, 0) is 17.8 Å². The number of thiazole rings is 1.